The van der Waals surface area contributed by atoms with Gasteiger partial charge in [0.05, 0.1) is 17.6 Å². The second-order valence-electron chi connectivity index (χ2n) is 3.05. The summed E-state index contributed by atoms with van der Waals surface area (Å²) in [4.78, 5) is 11.6. The zero-order chi connectivity index (χ0) is 10.8. The summed E-state index contributed by atoms with van der Waals surface area (Å²) >= 11 is 0. The number of nitrogens with one attached hydrogen (secondary N) is 2. The zero-order valence-electron chi connectivity index (χ0n) is 8.06. The molecule has 0 aliphatic carbocycles. The Morgan fingerprint density at radius 2 is 2.47 bits per heavy atom. The van der Waals surface area contributed by atoms with Gasteiger partial charge >= 0.3 is 0 Å². The van der Waals surface area contributed by atoms with Gasteiger partial charge in [0.2, 0.25) is 0 Å². The molecule has 0 aliphatic heterocycles. The summed E-state index contributed by atoms with van der Waals surface area (Å²) in [7, 11) is 1.70. The van der Waals surface area contributed by atoms with Crippen molar-refractivity contribution in [1.82, 2.24) is 20.0 Å². The van der Waals surface area contributed by atoms with E-state index in [2.05, 4.69) is 20.6 Å². The second-order valence-corrected chi connectivity index (χ2v) is 3.05. The highest BCUT2D eigenvalue weighted by Crippen LogP contribution is 2.11. The van der Waals surface area contributed by atoms with Gasteiger partial charge in [0.1, 0.15) is 0 Å². The number of nitrogens with zero attached hydrogens (tertiary/aromatic N) is 3. The largest absolute Gasteiger partial charge is 0.396 e. The number of anilines is 2. The first-order valence-electron chi connectivity index (χ1n) is 4.26. The third-order valence-corrected chi connectivity index (χ3v) is 1.83. The van der Waals surface area contributed by atoms with Crippen molar-refractivity contribution in [3.63, 3.8) is 0 Å². The van der Waals surface area contributed by atoms with Crippen LogP contribution in [0.5, 0.6) is 0 Å². The topological polar surface area (TPSA) is 102 Å². The number of amides is 1. The molecule has 0 saturated heterocycles. The maximum absolute atomic E-state index is 11.6. The van der Waals surface area contributed by atoms with Crippen LogP contribution in [0.1, 0.15) is 10.5 Å². The summed E-state index contributed by atoms with van der Waals surface area (Å²) in [5, 5.41) is 12.8. The number of nitrogens with two attached hydrogens (primary N) is 1. The lowest BCUT2D eigenvalue weighted by Crippen LogP contribution is -2.14. The highest BCUT2D eigenvalue weighted by atomic mass is 16.2. The minimum Gasteiger partial charge on any atom is -0.396 e. The van der Waals surface area contributed by atoms with Crippen LogP contribution in [0.4, 0.5) is 11.4 Å². The first-order chi connectivity index (χ1) is 7.16. The third kappa shape index (κ3) is 1.80. The Kier molecular flexibility index (Phi) is 2.13. The van der Waals surface area contributed by atoms with Gasteiger partial charge in [0.25, 0.3) is 5.91 Å². The Bertz CT molecular complexity index is 471. The van der Waals surface area contributed by atoms with E-state index in [0.29, 0.717) is 11.4 Å². The summed E-state index contributed by atoms with van der Waals surface area (Å²) in [5.74, 6) is -0.352. The lowest BCUT2D eigenvalue weighted by Gasteiger charge is -1.98. The van der Waals surface area contributed by atoms with Crippen molar-refractivity contribution in [2.24, 2.45) is 7.05 Å². The SMILES string of the molecule is Cn1cc(N)c(C(=O)Nc2cn[nH]c2)n1. The minimum atomic E-state index is -0.352. The van der Waals surface area contributed by atoms with Gasteiger partial charge in [-0.1, -0.05) is 0 Å². The number of carbonyl (C=O) groups is 1. The normalized spacial score (nSPS) is 10.2. The molecule has 0 unspecified atom stereocenters. The Hall–Kier alpha value is -2.31. The van der Waals surface area contributed by atoms with Crippen LogP contribution in [-0.2, 0) is 7.05 Å². The van der Waals surface area contributed by atoms with Gasteiger partial charge in [-0.15, -0.1) is 0 Å². The molecule has 0 aliphatic rings. The smallest absolute Gasteiger partial charge is 0.278 e. The molecule has 0 saturated carbocycles. The molecular weight excluding hydrogens is 196 g/mol. The Morgan fingerprint density at radius 3 is 3.00 bits per heavy atom. The lowest BCUT2D eigenvalue weighted by atomic mass is 10.3. The maximum Gasteiger partial charge on any atom is 0.278 e. The van der Waals surface area contributed by atoms with Crippen molar-refractivity contribution in [2.75, 3.05) is 11.1 Å². The number of aromatic nitrogens is 4. The Balaban J connectivity index is 2.18. The summed E-state index contributed by atoms with van der Waals surface area (Å²) < 4.78 is 1.49. The van der Waals surface area contributed by atoms with Crippen LogP contribution in [0, 0.1) is 0 Å². The van der Waals surface area contributed by atoms with E-state index in [1.807, 2.05) is 0 Å². The monoisotopic (exact) mass is 206 g/mol. The van der Waals surface area contributed by atoms with Crippen molar-refractivity contribution in [3.05, 3.63) is 24.3 Å². The van der Waals surface area contributed by atoms with Crippen molar-refractivity contribution in [3.8, 4) is 0 Å². The first-order valence-corrected chi connectivity index (χ1v) is 4.26. The van der Waals surface area contributed by atoms with E-state index in [1.165, 1.54) is 10.9 Å². The molecule has 0 fully saturated rings. The van der Waals surface area contributed by atoms with Crippen LogP contribution >= 0.6 is 0 Å². The fraction of sp³-hybridized carbons (Fsp3) is 0.125. The molecule has 15 heavy (non-hydrogen) atoms. The molecule has 2 aromatic rings. The fourth-order valence-corrected chi connectivity index (χ4v) is 1.19. The third-order valence-electron chi connectivity index (χ3n) is 1.83. The quantitative estimate of drug-likeness (QED) is 0.642. The first kappa shape index (κ1) is 9.25. The molecule has 7 nitrogen and oxygen atoms in total. The number of carbonyl (C=O) groups excluding carboxylic acids is 1. The van der Waals surface area contributed by atoms with Crippen molar-refractivity contribution >= 4 is 17.3 Å². The van der Waals surface area contributed by atoms with E-state index in [0.717, 1.165) is 0 Å². The van der Waals surface area contributed by atoms with E-state index < -0.39 is 0 Å². The summed E-state index contributed by atoms with van der Waals surface area (Å²) in [6.45, 7) is 0. The molecule has 2 aromatic heterocycles. The van der Waals surface area contributed by atoms with E-state index in [1.54, 1.807) is 19.4 Å². The number of hydrogen-bond donors (Lipinski definition) is 3. The van der Waals surface area contributed by atoms with Crippen LogP contribution in [0.25, 0.3) is 0 Å². The molecule has 2 heterocycles. The maximum atomic E-state index is 11.6. The molecule has 0 atom stereocenters. The zero-order valence-corrected chi connectivity index (χ0v) is 8.06. The molecule has 0 spiro atoms. The molecule has 0 radical (unpaired) electrons. The van der Waals surface area contributed by atoms with Gasteiger partial charge in [-0.25, -0.2) is 0 Å². The van der Waals surface area contributed by atoms with Crippen LogP contribution in [0.15, 0.2) is 18.6 Å². The van der Waals surface area contributed by atoms with Gasteiger partial charge in [0, 0.05) is 19.4 Å². The highest BCUT2D eigenvalue weighted by molar-refractivity contribution is 6.05. The number of nitrogen functional groups attached to an aromatic ring is 1. The number of aromatic amines is 1. The van der Waals surface area contributed by atoms with Crippen molar-refractivity contribution in [1.29, 1.82) is 0 Å². The number of hydrogen-bond acceptors (Lipinski definition) is 4. The molecule has 1 amide bonds. The van der Waals surface area contributed by atoms with Crippen molar-refractivity contribution < 1.29 is 4.79 Å². The van der Waals surface area contributed by atoms with E-state index in [-0.39, 0.29) is 11.6 Å². The molecule has 0 aromatic carbocycles. The fourth-order valence-electron chi connectivity index (χ4n) is 1.19. The molecule has 2 rings (SSSR count). The summed E-state index contributed by atoms with van der Waals surface area (Å²) in [6, 6.07) is 0. The van der Waals surface area contributed by atoms with Crippen LogP contribution in [0.2, 0.25) is 0 Å². The molecule has 4 N–H and O–H groups in total. The summed E-state index contributed by atoms with van der Waals surface area (Å²) in [5.41, 5.74) is 6.73. The van der Waals surface area contributed by atoms with Gasteiger partial charge in [0.15, 0.2) is 5.69 Å². The van der Waals surface area contributed by atoms with Gasteiger partial charge in [-0.2, -0.15) is 10.2 Å². The van der Waals surface area contributed by atoms with Crippen LogP contribution < -0.4 is 11.1 Å². The molecule has 0 bridgehead atoms. The van der Waals surface area contributed by atoms with Gasteiger partial charge in [-0.3, -0.25) is 14.6 Å². The molecule has 7 heteroatoms. The van der Waals surface area contributed by atoms with Crippen LogP contribution in [-0.4, -0.2) is 25.9 Å². The van der Waals surface area contributed by atoms with Gasteiger partial charge < -0.3 is 11.1 Å². The predicted octanol–water partition coefficient (Wildman–Crippen LogP) is -0.0223. The van der Waals surface area contributed by atoms with E-state index >= 15 is 0 Å². The highest BCUT2D eigenvalue weighted by Gasteiger charge is 2.14. The molecule has 78 valence electrons. The average molecular weight is 206 g/mol. The van der Waals surface area contributed by atoms with Gasteiger partial charge in [-0.05, 0) is 0 Å². The second kappa shape index (κ2) is 3.45. The van der Waals surface area contributed by atoms with Crippen molar-refractivity contribution in [2.45, 2.75) is 0 Å². The predicted molar refractivity (Wildman–Crippen MR) is 54.2 cm³/mol. The standard InChI is InChI=1S/C8H10N6O/c1-14-4-6(9)7(13-14)8(15)12-5-2-10-11-3-5/h2-4H,9H2,1H3,(H,10,11)(H,12,15). The van der Waals surface area contributed by atoms with E-state index in [4.69, 9.17) is 5.73 Å². The number of aryl methyl sites for hydroxylation is 1. The Morgan fingerprint density at radius 1 is 1.67 bits per heavy atom. The minimum absolute atomic E-state index is 0.207. The molecular formula is C8H10N6O. The van der Waals surface area contributed by atoms with Crippen LogP contribution in [0.3, 0.4) is 0 Å². The number of H-pyrrole nitrogens is 1. The lowest BCUT2D eigenvalue weighted by molar-refractivity contribution is 0.102. The summed E-state index contributed by atoms with van der Waals surface area (Å²) in [6.07, 6.45) is 4.64. The Labute approximate surface area is 85.3 Å². The van der Waals surface area contributed by atoms with E-state index in [9.17, 15) is 4.79 Å². The average Bonchev–Trinajstić information content (AvgIpc) is 2.75. The number of rotatable bonds is 2.